The van der Waals surface area contributed by atoms with Gasteiger partial charge in [-0.3, -0.25) is 4.98 Å². The first-order valence-corrected chi connectivity index (χ1v) is 9.36. The summed E-state index contributed by atoms with van der Waals surface area (Å²) in [5.41, 5.74) is 2.48. The van der Waals surface area contributed by atoms with Crippen LogP contribution in [0.1, 0.15) is 18.5 Å². The zero-order chi connectivity index (χ0) is 13.8. The standard InChI is InChI=1S/C16H20N2S2/c1-2-17-16(15-11-19-8-9-20-15)13-5-6-14-12(10-13)4-3-7-18-14/h3-7,10,15-17H,2,8-9,11H2,1H3. The molecule has 1 fully saturated rings. The van der Waals surface area contributed by atoms with E-state index in [1.54, 1.807) is 0 Å². The van der Waals surface area contributed by atoms with Gasteiger partial charge in [-0.1, -0.05) is 19.1 Å². The predicted molar refractivity (Wildman–Crippen MR) is 91.7 cm³/mol. The van der Waals surface area contributed by atoms with E-state index >= 15 is 0 Å². The Balaban J connectivity index is 1.91. The molecule has 0 saturated carbocycles. The van der Waals surface area contributed by atoms with Gasteiger partial charge in [0.15, 0.2) is 0 Å². The van der Waals surface area contributed by atoms with Crippen molar-refractivity contribution in [2.45, 2.75) is 18.2 Å². The van der Waals surface area contributed by atoms with Gasteiger partial charge in [0.1, 0.15) is 0 Å². The van der Waals surface area contributed by atoms with Crippen LogP contribution < -0.4 is 5.32 Å². The number of nitrogens with one attached hydrogen (secondary N) is 1. The minimum absolute atomic E-state index is 0.447. The largest absolute Gasteiger partial charge is 0.309 e. The van der Waals surface area contributed by atoms with Crippen LogP contribution in [0.25, 0.3) is 10.9 Å². The lowest BCUT2D eigenvalue weighted by Gasteiger charge is -2.30. The third kappa shape index (κ3) is 3.13. The summed E-state index contributed by atoms with van der Waals surface area (Å²) >= 11 is 4.19. The summed E-state index contributed by atoms with van der Waals surface area (Å²) in [6.07, 6.45) is 1.86. The second-order valence-corrected chi connectivity index (χ2v) is 7.47. The van der Waals surface area contributed by atoms with Crippen LogP contribution in [0, 0.1) is 0 Å². The van der Waals surface area contributed by atoms with Crippen molar-refractivity contribution in [2.75, 3.05) is 23.8 Å². The first kappa shape index (κ1) is 14.2. The molecule has 1 aromatic carbocycles. The Bertz CT molecular complexity index is 567. The van der Waals surface area contributed by atoms with Crippen LogP contribution in [0.5, 0.6) is 0 Å². The molecule has 0 amide bonds. The zero-order valence-electron chi connectivity index (χ0n) is 11.7. The molecule has 1 aliphatic heterocycles. The number of benzene rings is 1. The van der Waals surface area contributed by atoms with Crippen molar-refractivity contribution in [3.05, 3.63) is 42.1 Å². The average Bonchev–Trinajstić information content (AvgIpc) is 2.53. The van der Waals surface area contributed by atoms with Crippen molar-refractivity contribution in [3.63, 3.8) is 0 Å². The van der Waals surface area contributed by atoms with Gasteiger partial charge in [0.2, 0.25) is 0 Å². The number of fused-ring (bicyclic) bond motifs is 1. The summed E-state index contributed by atoms with van der Waals surface area (Å²) in [6, 6.07) is 11.3. The Morgan fingerprint density at radius 2 is 2.30 bits per heavy atom. The molecular formula is C16H20N2S2. The number of rotatable bonds is 4. The minimum Gasteiger partial charge on any atom is -0.309 e. The maximum atomic E-state index is 4.41. The van der Waals surface area contributed by atoms with E-state index in [1.807, 2.05) is 12.3 Å². The molecule has 2 heterocycles. The van der Waals surface area contributed by atoms with Gasteiger partial charge in [-0.2, -0.15) is 23.5 Å². The topological polar surface area (TPSA) is 24.9 Å². The summed E-state index contributed by atoms with van der Waals surface area (Å²) in [6.45, 7) is 3.20. The molecule has 0 bridgehead atoms. The highest BCUT2D eigenvalue weighted by molar-refractivity contribution is 8.06. The van der Waals surface area contributed by atoms with Gasteiger partial charge in [-0.25, -0.2) is 0 Å². The molecular weight excluding hydrogens is 284 g/mol. The lowest BCUT2D eigenvalue weighted by Crippen LogP contribution is -2.33. The molecule has 0 spiro atoms. The van der Waals surface area contributed by atoms with E-state index in [-0.39, 0.29) is 0 Å². The normalized spacial score (nSPS) is 20.9. The molecule has 0 radical (unpaired) electrons. The van der Waals surface area contributed by atoms with Crippen LogP contribution in [-0.4, -0.2) is 34.0 Å². The molecule has 1 N–H and O–H groups in total. The average molecular weight is 304 g/mol. The first-order valence-electron chi connectivity index (χ1n) is 7.16. The monoisotopic (exact) mass is 304 g/mol. The number of nitrogens with zero attached hydrogens (tertiary/aromatic N) is 1. The SMILES string of the molecule is CCNC(c1ccc2ncccc2c1)C1CSCCS1. The highest BCUT2D eigenvalue weighted by atomic mass is 32.2. The van der Waals surface area contributed by atoms with Crippen LogP contribution in [0.4, 0.5) is 0 Å². The summed E-state index contributed by atoms with van der Waals surface area (Å²) in [5.74, 6) is 3.81. The smallest absolute Gasteiger partial charge is 0.0702 e. The van der Waals surface area contributed by atoms with Crippen LogP contribution >= 0.6 is 23.5 Å². The van der Waals surface area contributed by atoms with Gasteiger partial charge in [-0.05, 0) is 30.3 Å². The third-order valence-electron chi connectivity index (χ3n) is 3.62. The fraction of sp³-hybridized carbons (Fsp3) is 0.438. The molecule has 2 nitrogen and oxygen atoms in total. The molecule has 1 saturated heterocycles. The molecule has 106 valence electrons. The summed E-state index contributed by atoms with van der Waals surface area (Å²) in [4.78, 5) is 4.41. The number of aromatic nitrogens is 1. The van der Waals surface area contributed by atoms with E-state index in [1.165, 1.54) is 28.2 Å². The Hall–Kier alpha value is -0.710. The Kier molecular flexibility index (Phi) is 4.86. The van der Waals surface area contributed by atoms with Crippen LogP contribution in [0.3, 0.4) is 0 Å². The van der Waals surface area contributed by atoms with Crippen molar-refractivity contribution in [1.29, 1.82) is 0 Å². The van der Waals surface area contributed by atoms with Gasteiger partial charge < -0.3 is 5.32 Å². The van der Waals surface area contributed by atoms with Gasteiger partial charge in [0.25, 0.3) is 0 Å². The maximum Gasteiger partial charge on any atom is 0.0702 e. The lowest BCUT2D eigenvalue weighted by atomic mass is 10.0. The lowest BCUT2D eigenvalue weighted by molar-refractivity contribution is 0.551. The number of pyridine rings is 1. The van der Waals surface area contributed by atoms with Crippen LogP contribution in [0.2, 0.25) is 0 Å². The highest BCUT2D eigenvalue weighted by Crippen LogP contribution is 2.34. The maximum absolute atomic E-state index is 4.41. The van der Waals surface area contributed by atoms with E-state index in [0.717, 1.165) is 12.1 Å². The van der Waals surface area contributed by atoms with Crippen LogP contribution in [0.15, 0.2) is 36.5 Å². The van der Waals surface area contributed by atoms with E-state index < -0.39 is 0 Å². The predicted octanol–water partition coefficient (Wildman–Crippen LogP) is 3.73. The molecule has 0 aliphatic carbocycles. The zero-order valence-corrected chi connectivity index (χ0v) is 13.3. The Morgan fingerprint density at radius 3 is 3.10 bits per heavy atom. The fourth-order valence-electron chi connectivity index (χ4n) is 2.67. The quantitative estimate of drug-likeness (QED) is 0.930. The van der Waals surface area contributed by atoms with E-state index in [9.17, 15) is 0 Å². The summed E-state index contributed by atoms with van der Waals surface area (Å²) in [7, 11) is 0. The van der Waals surface area contributed by atoms with E-state index in [0.29, 0.717) is 11.3 Å². The van der Waals surface area contributed by atoms with Gasteiger partial charge in [0, 0.05) is 40.1 Å². The van der Waals surface area contributed by atoms with Gasteiger partial charge in [-0.15, -0.1) is 0 Å². The van der Waals surface area contributed by atoms with E-state index in [2.05, 4.69) is 65.0 Å². The van der Waals surface area contributed by atoms with Crippen molar-refractivity contribution < 1.29 is 0 Å². The van der Waals surface area contributed by atoms with Crippen molar-refractivity contribution in [3.8, 4) is 0 Å². The minimum atomic E-state index is 0.447. The number of thioether (sulfide) groups is 2. The fourth-order valence-corrected chi connectivity index (χ4v) is 5.54. The Labute approximate surface area is 129 Å². The molecule has 2 unspecified atom stereocenters. The second kappa shape index (κ2) is 6.83. The summed E-state index contributed by atoms with van der Waals surface area (Å²) < 4.78 is 0. The summed E-state index contributed by atoms with van der Waals surface area (Å²) in [5, 5.41) is 5.59. The molecule has 2 atom stereocenters. The van der Waals surface area contributed by atoms with Crippen molar-refractivity contribution >= 4 is 34.4 Å². The molecule has 1 aromatic heterocycles. The van der Waals surface area contributed by atoms with Crippen LogP contribution in [-0.2, 0) is 0 Å². The Morgan fingerprint density at radius 1 is 1.35 bits per heavy atom. The van der Waals surface area contributed by atoms with Gasteiger partial charge in [0.05, 0.1) is 5.52 Å². The van der Waals surface area contributed by atoms with Crippen molar-refractivity contribution in [2.24, 2.45) is 0 Å². The molecule has 20 heavy (non-hydrogen) atoms. The molecule has 3 rings (SSSR count). The molecule has 4 heteroatoms. The van der Waals surface area contributed by atoms with Crippen molar-refractivity contribution in [1.82, 2.24) is 10.3 Å². The van der Waals surface area contributed by atoms with Gasteiger partial charge >= 0.3 is 0 Å². The van der Waals surface area contributed by atoms with E-state index in [4.69, 9.17) is 0 Å². The second-order valence-electron chi connectivity index (χ2n) is 4.98. The number of hydrogen-bond donors (Lipinski definition) is 1. The molecule has 2 aromatic rings. The molecule has 1 aliphatic rings. The third-order valence-corrected chi connectivity index (χ3v) is 6.49. The first-order chi connectivity index (χ1) is 9.88. The highest BCUT2D eigenvalue weighted by Gasteiger charge is 2.25. The number of hydrogen-bond acceptors (Lipinski definition) is 4.